The van der Waals surface area contributed by atoms with Crippen molar-refractivity contribution in [2.75, 3.05) is 0 Å². The molecule has 0 unspecified atom stereocenters. The molecule has 0 heterocycles. The smallest absolute Gasteiger partial charge is 0.298 e. The molecule has 0 radical (unpaired) electrons. The predicted molar refractivity (Wildman–Crippen MR) is 60.2 cm³/mol. The molecule has 0 saturated heterocycles. The molecule has 0 fully saturated rings. The van der Waals surface area contributed by atoms with Crippen LogP contribution in [0.15, 0.2) is 0 Å². The zero-order valence-electron chi connectivity index (χ0n) is 10.8. The molecule has 0 amide bonds. The topological polar surface area (TPSA) is 35.5 Å². The second kappa shape index (κ2) is 5.50. The molecule has 15 heavy (non-hydrogen) atoms. The van der Waals surface area contributed by atoms with E-state index in [0.29, 0.717) is 6.42 Å². The van der Waals surface area contributed by atoms with Crippen LogP contribution in [0, 0.1) is 5.41 Å². The van der Waals surface area contributed by atoms with Crippen LogP contribution in [0.1, 0.15) is 60.8 Å². The van der Waals surface area contributed by atoms with Crippen molar-refractivity contribution in [1.82, 2.24) is 0 Å². The van der Waals surface area contributed by atoms with E-state index in [4.69, 9.17) is 9.78 Å². The molecular weight excluding hydrogens is 192 g/mol. The van der Waals surface area contributed by atoms with E-state index < -0.39 is 0 Å². The van der Waals surface area contributed by atoms with Crippen LogP contribution < -0.4 is 0 Å². The number of rotatable bonds is 5. The van der Waals surface area contributed by atoms with E-state index in [1.165, 1.54) is 0 Å². The van der Waals surface area contributed by atoms with E-state index in [1.807, 2.05) is 34.6 Å². The summed E-state index contributed by atoms with van der Waals surface area (Å²) < 4.78 is 0. The lowest BCUT2D eigenvalue weighted by molar-refractivity contribution is -0.327. The maximum atomic E-state index is 11.4. The lowest BCUT2D eigenvalue weighted by Gasteiger charge is -2.23. The molecule has 0 aliphatic heterocycles. The van der Waals surface area contributed by atoms with E-state index in [9.17, 15) is 4.79 Å². The Morgan fingerprint density at radius 1 is 1.13 bits per heavy atom. The van der Waals surface area contributed by atoms with Crippen LogP contribution in [0.2, 0.25) is 0 Å². The molecule has 3 nitrogen and oxygen atoms in total. The van der Waals surface area contributed by atoms with Gasteiger partial charge in [-0.25, -0.2) is 4.79 Å². The molecule has 0 spiro atoms. The molecule has 0 aromatic heterocycles. The third kappa shape index (κ3) is 8.43. The largest absolute Gasteiger partial charge is 0.342 e. The Kier molecular flexibility index (Phi) is 5.29. The van der Waals surface area contributed by atoms with Crippen molar-refractivity contribution in [2.24, 2.45) is 5.41 Å². The average molecular weight is 216 g/mol. The minimum absolute atomic E-state index is 0.0602. The summed E-state index contributed by atoms with van der Waals surface area (Å²) in [6.07, 6.45) is 2.24. The second-order valence-corrected chi connectivity index (χ2v) is 5.79. The summed E-state index contributed by atoms with van der Waals surface area (Å²) in [5.74, 6) is -0.299. The number of carbonyl (C=O) groups excluding carboxylic acids is 1. The Balaban J connectivity index is 3.90. The Morgan fingerprint density at radius 2 is 1.67 bits per heavy atom. The molecule has 0 saturated carbocycles. The molecule has 3 heteroatoms. The minimum Gasteiger partial charge on any atom is -0.298 e. The van der Waals surface area contributed by atoms with E-state index in [-0.39, 0.29) is 17.0 Å². The monoisotopic (exact) mass is 216 g/mol. The van der Waals surface area contributed by atoms with Gasteiger partial charge in [-0.1, -0.05) is 34.1 Å². The molecule has 0 aliphatic carbocycles. The van der Waals surface area contributed by atoms with Crippen LogP contribution >= 0.6 is 0 Å². The first-order valence-corrected chi connectivity index (χ1v) is 5.55. The number of hydrogen-bond donors (Lipinski definition) is 0. The highest BCUT2D eigenvalue weighted by Crippen LogP contribution is 2.21. The number of hydrogen-bond acceptors (Lipinski definition) is 3. The van der Waals surface area contributed by atoms with Crippen molar-refractivity contribution in [3.05, 3.63) is 0 Å². The van der Waals surface area contributed by atoms with Crippen LogP contribution in [0.4, 0.5) is 0 Å². The van der Waals surface area contributed by atoms with Gasteiger partial charge in [0.25, 0.3) is 0 Å². The van der Waals surface area contributed by atoms with Gasteiger partial charge in [-0.05, 0) is 25.7 Å². The second-order valence-electron chi connectivity index (χ2n) is 5.79. The van der Waals surface area contributed by atoms with E-state index in [2.05, 4.69) is 6.92 Å². The molecule has 0 bridgehead atoms. The summed E-state index contributed by atoms with van der Waals surface area (Å²) in [6.45, 7) is 11.9. The van der Waals surface area contributed by atoms with Crippen LogP contribution in [0.5, 0.6) is 0 Å². The third-order valence-electron chi connectivity index (χ3n) is 1.89. The number of carbonyl (C=O) groups is 1. The first-order valence-electron chi connectivity index (χ1n) is 5.55. The van der Waals surface area contributed by atoms with E-state index in [0.717, 1.165) is 12.8 Å². The van der Waals surface area contributed by atoms with Crippen molar-refractivity contribution < 1.29 is 14.6 Å². The van der Waals surface area contributed by atoms with Crippen molar-refractivity contribution in [2.45, 2.75) is 66.4 Å². The Hall–Kier alpha value is -0.570. The van der Waals surface area contributed by atoms with Gasteiger partial charge in [0.1, 0.15) is 5.60 Å². The first kappa shape index (κ1) is 14.4. The fourth-order valence-corrected chi connectivity index (χ4v) is 1.27. The molecule has 0 aliphatic rings. The highest BCUT2D eigenvalue weighted by molar-refractivity contribution is 5.69. The summed E-state index contributed by atoms with van der Waals surface area (Å²) in [6, 6.07) is 0. The normalized spacial score (nSPS) is 12.7. The van der Waals surface area contributed by atoms with Gasteiger partial charge in [0.2, 0.25) is 0 Å². The zero-order valence-corrected chi connectivity index (χ0v) is 10.8. The van der Waals surface area contributed by atoms with Gasteiger partial charge in [0, 0.05) is 0 Å². The lowest BCUT2D eigenvalue weighted by Crippen LogP contribution is -2.27. The molecule has 0 aromatic rings. The average Bonchev–Trinajstić information content (AvgIpc) is 1.98. The maximum Gasteiger partial charge on any atom is 0.342 e. The molecule has 90 valence electrons. The Bertz CT molecular complexity index is 201. The van der Waals surface area contributed by atoms with Gasteiger partial charge >= 0.3 is 5.97 Å². The molecule has 0 aromatic carbocycles. The van der Waals surface area contributed by atoms with Crippen molar-refractivity contribution >= 4 is 5.97 Å². The predicted octanol–water partition coefficient (Wildman–Crippen LogP) is 3.48. The van der Waals surface area contributed by atoms with Crippen molar-refractivity contribution in [1.29, 1.82) is 0 Å². The quantitative estimate of drug-likeness (QED) is 0.521. The van der Waals surface area contributed by atoms with Crippen LogP contribution in [-0.4, -0.2) is 11.6 Å². The van der Waals surface area contributed by atoms with Crippen molar-refractivity contribution in [3.8, 4) is 0 Å². The summed E-state index contributed by atoms with van der Waals surface area (Å²) in [4.78, 5) is 21.3. The fraction of sp³-hybridized carbons (Fsp3) is 0.917. The van der Waals surface area contributed by atoms with Gasteiger partial charge in [0.15, 0.2) is 0 Å². The summed E-state index contributed by atoms with van der Waals surface area (Å²) in [5.41, 5.74) is -0.447. The molecule has 0 atom stereocenters. The van der Waals surface area contributed by atoms with E-state index >= 15 is 0 Å². The summed E-state index contributed by atoms with van der Waals surface area (Å²) in [7, 11) is 0. The standard InChI is InChI=1S/C12H24O3/c1-7-8-12(5,6)15-14-10(13)9-11(2,3)4/h7-9H2,1-6H3. The van der Waals surface area contributed by atoms with Crippen LogP contribution in [0.3, 0.4) is 0 Å². The van der Waals surface area contributed by atoms with Gasteiger partial charge in [-0.2, -0.15) is 4.89 Å². The van der Waals surface area contributed by atoms with Crippen LogP contribution in [0.25, 0.3) is 0 Å². The molecule has 0 N–H and O–H groups in total. The third-order valence-corrected chi connectivity index (χ3v) is 1.89. The lowest BCUT2D eigenvalue weighted by atomic mass is 9.93. The van der Waals surface area contributed by atoms with Gasteiger partial charge in [-0.15, -0.1) is 0 Å². The van der Waals surface area contributed by atoms with Gasteiger partial charge in [-0.3, -0.25) is 4.89 Å². The molecular formula is C12H24O3. The van der Waals surface area contributed by atoms with E-state index in [1.54, 1.807) is 0 Å². The Morgan fingerprint density at radius 3 is 2.07 bits per heavy atom. The first-order chi connectivity index (χ1) is 6.66. The minimum atomic E-state index is -0.387. The maximum absolute atomic E-state index is 11.4. The zero-order chi connectivity index (χ0) is 12.1. The summed E-state index contributed by atoms with van der Waals surface area (Å²) in [5, 5.41) is 0. The van der Waals surface area contributed by atoms with Crippen molar-refractivity contribution in [3.63, 3.8) is 0 Å². The van der Waals surface area contributed by atoms with Gasteiger partial charge < -0.3 is 0 Å². The molecule has 0 rings (SSSR count). The fourth-order valence-electron chi connectivity index (χ4n) is 1.27. The van der Waals surface area contributed by atoms with Crippen LogP contribution in [-0.2, 0) is 14.6 Å². The highest BCUT2D eigenvalue weighted by Gasteiger charge is 2.23. The summed E-state index contributed by atoms with van der Waals surface area (Å²) >= 11 is 0. The Labute approximate surface area is 93.1 Å². The SMILES string of the molecule is CCCC(C)(C)OOC(=O)CC(C)(C)C. The van der Waals surface area contributed by atoms with Gasteiger partial charge in [0.05, 0.1) is 6.42 Å². The highest BCUT2D eigenvalue weighted by atomic mass is 17.2.